The monoisotopic (exact) mass is 282 g/mol. The first kappa shape index (κ1) is 15.3. The number of aryl methyl sites for hydroxylation is 1. The van der Waals surface area contributed by atoms with Crippen molar-refractivity contribution in [3.05, 3.63) is 71.3 Å². The molecule has 0 aromatic heterocycles. The van der Waals surface area contributed by atoms with Gasteiger partial charge >= 0.3 is 0 Å². The summed E-state index contributed by atoms with van der Waals surface area (Å²) in [5.41, 5.74) is 9.29. The van der Waals surface area contributed by atoms with Crippen LogP contribution in [0.25, 0.3) is 0 Å². The molecule has 2 aromatic carbocycles. The lowest BCUT2D eigenvalue weighted by Crippen LogP contribution is -2.38. The quantitative estimate of drug-likeness (QED) is 0.916. The van der Waals surface area contributed by atoms with Crippen LogP contribution in [-0.4, -0.2) is 17.4 Å². The van der Waals surface area contributed by atoms with Crippen LogP contribution < -0.4 is 5.73 Å². The van der Waals surface area contributed by atoms with Gasteiger partial charge in [0, 0.05) is 13.1 Å². The Hall–Kier alpha value is -2.13. The highest BCUT2D eigenvalue weighted by Crippen LogP contribution is 2.15. The van der Waals surface area contributed by atoms with E-state index in [2.05, 4.69) is 19.1 Å². The Morgan fingerprint density at radius 2 is 1.86 bits per heavy atom. The molecule has 3 heteroatoms. The van der Waals surface area contributed by atoms with Gasteiger partial charge in [-0.3, -0.25) is 4.79 Å². The normalized spacial score (nSPS) is 12.0. The number of likely N-dealkylation sites (N-methyl/N-ethyl adjacent to an activating group) is 1. The average Bonchev–Trinajstić information content (AvgIpc) is 2.52. The molecule has 2 rings (SSSR count). The van der Waals surface area contributed by atoms with E-state index in [1.165, 1.54) is 5.56 Å². The van der Waals surface area contributed by atoms with Crippen LogP contribution in [0.1, 0.15) is 29.7 Å². The molecule has 0 bridgehead atoms. The molecule has 1 amide bonds. The molecule has 2 N–H and O–H groups in total. The Bertz CT molecular complexity index is 595. The predicted molar refractivity (Wildman–Crippen MR) is 85.6 cm³/mol. The molecule has 0 aliphatic rings. The fourth-order valence-electron chi connectivity index (χ4n) is 2.38. The van der Waals surface area contributed by atoms with E-state index in [0.29, 0.717) is 13.1 Å². The number of benzene rings is 2. The van der Waals surface area contributed by atoms with Gasteiger partial charge in [0.1, 0.15) is 6.04 Å². The molecule has 0 saturated carbocycles. The van der Waals surface area contributed by atoms with Gasteiger partial charge in [-0.15, -0.1) is 0 Å². The smallest absolute Gasteiger partial charge is 0.244 e. The number of rotatable bonds is 5. The second kappa shape index (κ2) is 7.04. The number of nitrogens with two attached hydrogens (primary N) is 1. The van der Waals surface area contributed by atoms with E-state index < -0.39 is 6.04 Å². The van der Waals surface area contributed by atoms with Crippen LogP contribution in [0.5, 0.6) is 0 Å². The zero-order valence-electron chi connectivity index (χ0n) is 12.6. The van der Waals surface area contributed by atoms with Crippen molar-refractivity contribution >= 4 is 5.91 Å². The van der Waals surface area contributed by atoms with Crippen LogP contribution in [0.15, 0.2) is 54.6 Å². The lowest BCUT2D eigenvalue weighted by Gasteiger charge is -2.25. The van der Waals surface area contributed by atoms with Crippen LogP contribution in [0.3, 0.4) is 0 Å². The lowest BCUT2D eigenvalue weighted by atomic mass is 10.1. The van der Waals surface area contributed by atoms with Crippen molar-refractivity contribution in [2.24, 2.45) is 5.73 Å². The van der Waals surface area contributed by atoms with Gasteiger partial charge in [0.25, 0.3) is 0 Å². The van der Waals surface area contributed by atoms with Gasteiger partial charge < -0.3 is 10.6 Å². The van der Waals surface area contributed by atoms with E-state index in [9.17, 15) is 4.79 Å². The summed E-state index contributed by atoms with van der Waals surface area (Å²) in [6.45, 7) is 5.27. The minimum Gasteiger partial charge on any atom is -0.337 e. The van der Waals surface area contributed by atoms with Crippen molar-refractivity contribution < 1.29 is 4.79 Å². The van der Waals surface area contributed by atoms with Crippen molar-refractivity contribution in [3.63, 3.8) is 0 Å². The summed E-state index contributed by atoms with van der Waals surface area (Å²) in [5.74, 6) is -0.0368. The van der Waals surface area contributed by atoms with Crippen molar-refractivity contribution in [1.29, 1.82) is 0 Å². The van der Waals surface area contributed by atoms with Gasteiger partial charge in [0.05, 0.1) is 0 Å². The average molecular weight is 282 g/mol. The number of carbonyl (C=O) groups is 1. The number of nitrogens with zero attached hydrogens (tertiary/aromatic N) is 1. The van der Waals surface area contributed by atoms with Gasteiger partial charge in [-0.1, -0.05) is 60.2 Å². The molecule has 2 aromatic rings. The first-order chi connectivity index (χ1) is 10.1. The first-order valence-corrected chi connectivity index (χ1v) is 7.26. The number of amides is 1. The Morgan fingerprint density at radius 3 is 2.48 bits per heavy atom. The van der Waals surface area contributed by atoms with Crippen LogP contribution in [-0.2, 0) is 11.3 Å². The molecular formula is C18H22N2O. The molecule has 21 heavy (non-hydrogen) atoms. The summed E-state index contributed by atoms with van der Waals surface area (Å²) >= 11 is 0. The third-order valence-electron chi connectivity index (χ3n) is 3.57. The van der Waals surface area contributed by atoms with Gasteiger partial charge in [-0.25, -0.2) is 0 Å². The van der Waals surface area contributed by atoms with Gasteiger partial charge in [0.2, 0.25) is 5.91 Å². The Balaban J connectivity index is 2.12. The number of hydrogen-bond donors (Lipinski definition) is 1. The predicted octanol–water partition coefficient (Wildman–Crippen LogP) is 3.04. The summed E-state index contributed by atoms with van der Waals surface area (Å²) in [7, 11) is 0. The van der Waals surface area contributed by atoms with E-state index in [-0.39, 0.29) is 5.91 Å². The summed E-state index contributed by atoms with van der Waals surface area (Å²) in [6, 6.07) is 17.1. The van der Waals surface area contributed by atoms with Gasteiger partial charge in [0.15, 0.2) is 0 Å². The second-order valence-electron chi connectivity index (χ2n) is 5.23. The maximum Gasteiger partial charge on any atom is 0.244 e. The highest BCUT2D eigenvalue weighted by molar-refractivity contribution is 5.83. The van der Waals surface area contributed by atoms with Crippen molar-refractivity contribution in [2.75, 3.05) is 6.54 Å². The number of carbonyl (C=O) groups excluding carboxylic acids is 1. The molecule has 3 nitrogen and oxygen atoms in total. The van der Waals surface area contributed by atoms with Crippen molar-refractivity contribution in [2.45, 2.75) is 26.4 Å². The molecule has 1 atom stereocenters. The fraction of sp³-hybridized carbons (Fsp3) is 0.278. The van der Waals surface area contributed by atoms with Crippen molar-refractivity contribution in [1.82, 2.24) is 4.90 Å². The second-order valence-corrected chi connectivity index (χ2v) is 5.23. The molecule has 0 heterocycles. The van der Waals surface area contributed by atoms with Gasteiger partial charge in [-0.05, 0) is 25.0 Å². The van der Waals surface area contributed by atoms with Gasteiger partial charge in [-0.2, -0.15) is 0 Å². The van der Waals surface area contributed by atoms with Crippen LogP contribution in [0.4, 0.5) is 0 Å². The maximum absolute atomic E-state index is 12.6. The molecule has 0 spiro atoms. The molecule has 110 valence electrons. The maximum atomic E-state index is 12.6. The zero-order chi connectivity index (χ0) is 15.2. The topological polar surface area (TPSA) is 46.3 Å². The SMILES string of the molecule is CCN(Cc1cccc(C)c1)C(=O)[C@@H](N)c1ccccc1. The van der Waals surface area contributed by atoms with Crippen LogP contribution in [0, 0.1) is 6.92 Å². The summed E-state index contributed by atoms with van der Waals surface area (Å²) in [4.78, 5) is 14.4. The standard InChI is InChI=1S/C18H22N2O/c1-3-20(13-15-9-7-8-14(2)12-15)18(21)17(19)16-10-5-4-6-11-16/h4-12,17H,3,13,19H2,1-2H3/t17-/m0/s1. The third kappa shape index (κ3) is 3.92. The first-order valence-electron chi connectivity index (χ1n) is 7.26. The Kier molecular flexibility index (Phi) is 5.12. The summed E-state index contributed by atoms with van der Waals surface area (Å²) in [6.07, 6.45) is 0. The largest absolute Gasteiger partial charge is 0.337 e. The minimum absolute atomic E-state index is 0.0368. The zero-order valence-corrected chi connectivity index (χ0v) is 12.6. The minimum atomic E-state index is -0.601. The highest BCUT2D eigenvalue weighted by Gasteiger charge is 2.21. The molecule has 0 fully saturated rings. The number of hydrogen-bond acceptors (Lipinski definition) is 2. The lowest BCUT2D eigenvalue weighted by molar-refractivity contribution is -0.133. The Labute approximate surface area is 126 Å². The third-order valence-corrected chi connectivity index (χ3v) is 3.57. The summed E-state index contributed by atoms with van der Waals surface area (Å²) < 4.78 is 0. The van der Waals surface area contributed by atoms with E-state index in [0.717, 1.165) is 11.1 Å². The van der Waals surface area contributed by atoms with Crippen LogP contribution in [0.2, 0.25) is 0 Å². The molecule has 0 aliphatic carbocycles. The van der Waals surface area contributed by atoms with E-state index in [1.54, 1.807) is 4.90 Å². The van der Waals surface area contributed by atoms with E-state index in [1.807, 2.05) is 49.4 Å². The van der Waals surface area contributed by atoms with Crippen LogP contribution >= 0.6 is 0 Å². The van der Waals surface area contributed by atoms with Crippen molar-refractivity contribution in [3.8, 4) is 0 Å². The summed E-state index contributed by atoms with van der Waals surface area (Å²) in [5, 5.41) is 0. The highest BCUT2D eigenvalue weighted by atomic mass is 16.2. The van der Waals surface area contributed by atoms with E-state index in [4.69, 9.17) is 5.73 Å². The molecule has 0 saturated heterocycles. The molecule has 0 unspecified atom stereocenters. The molecule has 0 radical (unpaired) electrons. The molecule has 0 aliphatic heterocycles. The van der Waals surface area contributed by atoms with E-state index >= 15 is 0 Å². The molecular weight excluding hydrogens is 260 g/mol. The fourth-order valence-corrected chi connectivity index (χ4v) is 2.38. The Morgan fingerprint density at radius 1 is 1.14 bits per heavy atom.